The minimum atomic E-state index is -0.104. The average molecular weight is 192 g/mol. The molecule has 1 aromatic rings. The number of methoxy groups -OCH3 is 2. The minimum Gasteiger partial charge on any atom is -0.497 e. The zero-order valence-electron chi connectivity index (χ0n) is 8.24. The fraction of sp³-hybridized carbons (Fsp3) is 0.364. The number of carbonyl (C=O) groups is 1. The van der Waals surface area contributed by atoms with Crippen molar-refractivity contribution in [3.63, 3.8) is 0 Å². The third-order valence-electron chi connectivity index (χ3n) is 2.56. The number of carbonyl (C=O) groups excluding carboxylic acids is 1. The minimum absolute atomic E-state index is 0.104. The summed E-state index contributed by atoms with van der Waals surface area (Å²) in [4.78, 5) is 11.5. The lowest BCUT2D eigenvalue weighted by molar-refractivity contribution is 0.0811. The van der Waals surface area contributed by atoms with Crippen LogP contribution < -0.4 is 4.74 Å². The Morgan fingerprint density at radius 2 is 2.14 bits per heavy atom. The van der Waals surface area contributed by atoms with Gasteiger partial charge in [-0.15, -0.1) is 0 Å². The largest absolute Gasteiger partial charge is 0.497 e. The van der Waals surface area contributed by atoms with Crippen LogP contribution in [0.4, 0.5) is 0 Å². The molecule has 1 aromatic carbocycles. The smallest absolute Gasteiger partial charge is 0.166 e. The number of rotatable bonds is 2. The van der Waals surface area contributed by atoms with Crippen molar-refractivity contribution in [2.75, 3.05) is 14.2 Å². The van der Waals surface area contributed by atoms with E-state index in [1.54, 1.807) is 26.4 Å². The first-order chi connectivity index (χ1) is 6.76. The van der Waals surface area contributed by atoms with Crippen molar-refractivity contribution in [3.8, 4) is 5.75 Å². The second-order valence-corrected chi connectivity index (χ2v) is 3.30. The van der Waals surface area contributed by atoms with Gasteiger partial charge in [0.2, 0.25) is 0 Å². The van der Waals surface area contributed by atoms with Gasteiger partial charge in [0.15, 0.2) is 5.78 Å². The van der Waals surface area contributed by atoms with Crippen LogP contribution >= 0.6 is 0 Å². The second kappa shape index (κ2) is 3.42. The SMILES string of the molecule is COc1ccc2c(c1)[C@@H](OC)CC2=O. The molecule has 0 unspecified atom stereocenters. The van der Waals surface area contributed by atoms with Crippen LogP contribution in [-0.4, -0.2) is 20.0 Å². The molecule has 0 spiro atoms. The molecule has 0 saturated carbocycles. The highest BCUT2D eigenvalue weighted by Crippen LogP contribution is 2.35. The van der Waals surface area contributed by atoms with Gasteiger partial charge in [0.1, 0.15) is 5.75 Å². The lowest BCUT2D eigenvalue weighted by Crippen LogP contribution is -1.96. The Morgan fingerprint density at radius 3 is 2.79 bits per heavy atom. The Kier molecular flexibility index (Phi) is 2.25. The van der Waals surface area contributed by atoms with Crippen LogP contribution in [0.15, 0.2) is 18.2 Å². The Hall–Kier alpha value is -1.35. The number of ether oxygens (including phenoxy) is 2. The van der Waals surface area contributed by atoms with Crippen molar-refractivity contribution in [3.05, 3.63) is 29.3 Å². The first-order valence-electron chi connectivity index (χ1n) is 4.50. The molecule has 0 radical (unpaired) electrons. The summed E-state index contributed by atoms with van der Waals surface area (Å²) in [6, 6.07) is 5.47. The van der Waals surface area contributed by atoms with Crippen LogP contribution in [0.1, 0.15) is 28.4 Å². The van der Waals surface area contributed by atoms with Gasteiger partial charge >= 0.3 is 0 Å². The van der Waals surface area contributed by atoms with Gasteiger partial charge in [0, 0.05) is 19.1 Å². The molecule has 74 valence electrons. The Morgan fingerprint density at radius 1 is 1.36 bits per heavy atom. The highest BCUT2D eigenvalue weighted by molar-refractivity contribution is 6.01. The number of ketones is 1. The van der Waals surface area contributed by atoms with Crippen molar-refractivity contribution in [1.29, 1.82) is 0 Å². The monoisotopic (exact) mass is 192 g/mol. The standard InChI is InChI=1S/C11H12O3/c1-13-7-3-4-8-9(5-7)11(14-2)6-10(8)12/h3-5,11H,6H2,1-2H3/t11-/m0/s1. The third-order valence-corrected chi connectivity index (χ3v) is 2.56. The predicted molar refractivity (Wildman–Crippen MR) is 51.7 cm³/mol. The molecular formula is C11H12O3. The molecule has 3 heteroatoms. The first kappa shape index (κ1) is 9.21. The van der Waals surface area contributed by atoms with Crippen LogP contribution in [0.5, 0.6) is 5.75 Å². The molecule has 0 N–H and O–H groups in total. The zero-order valence-corrected chi connectivity index (χ0v) is 8.24. The number of benzene rings is 1. The summed E-state index contributed by atoms with van der Waals surface area (Å²) in [5.74, 6) is 0.912. The molecule has 14 heavy (non-hydrogen) atoms. The summed E-state index contributed by atoms with van der Waals surface area (Å²) >= 11 is 0. The molecule has 0 aliphatic heterocycles. The predicted octanol–water partition coefficient (Wildman–Crippen LogP) is 1.97. The maximum absolute atomic E-state index is 11.5. The van der Waals surface area contributed by atoms with E-state index in [1.807, 2.05) is 6.07 Å². The van der Waals surface area contributed by atoms with E-state index >= 15 is 0 Å². The van der Waals surface area contributed by atoms with Gasteiger partial charge in [-0.3, -0.25) is 4.79 Å². The molecule has 0 fully saturated rings. The summed E-state index contributed by atoms with van der Waals surface area (Å²) in [5, 5.41) is 0. The van der Waals surface area contributed by atoms with E-state index in [4.69, 9.17) is 9.47 Å². The van der Waals surface area contributed by atoms with Crippen LogP contribution in [0, 0.1) is 0 Å². The molecule has 0 amide bonds. The number of fused-ring (bicyclic) bond motifs is 1. The van der Waals surface area contributed by atoms with E-state index in [-0.39, 0.29) is 11.9 Å². The van der Waals surface area contributed by atoms with Crippen molar-refractivity contribution in [2.24, 2.45) is 0 Å². The number of hydrogen-bond donors (Lipinski definition) is 0. The van der Waals surface area contributed by atoms with Gasteiger partial charge in [0.05, 0.1) is 13.2 Å². The Bertz CT molecular complexity index is 371. The van der Waals surface area contributed by atoms with E-state index in [1.165, 1.54) is 0 Å². The van der Waals surface area contributed by atoms with Gasteiger partial charge in [-0.1, -0.05) is 0 Å². The van der Waals surface area contributed by atoms with Gasteiger partial charge in [-0.2, -0.15) is 0 Å². The van der Waals surface area contributed by atoms with Crippen molar-refractivity contribution < 1.29 is 14.3 Å². The molecular weight excluding hydrogens is 180 g/mol. The van der Waals surface area contributed by atoms with E-state index in [0.29, 0.717) is 6.42 Å². The van der Waals surface area contributed by atoms with Gasteiger partial charge in [-0.25, -0.2) is 0 Å². The average Bonchev–Trinajstić information content (AvgIpc) is 2.55. The topological polar surface area (TPSA) is 35.5 Å². The van der Waals surface area contributed by atoms with E-state index in [2.05, 4.69) is 0 Å². The number of hydrogen-bond acceptors (Lipinski definition) is 3. The lowest BCUT2D eigenvalue weighted by Gasteiger charge is -2.08. The Balaban J connectivity index is 2.47. The molecule has 1 aliphatic carbocycles. The highest BCUT2D eigenvalue weighted by atomic mass is 16.5. The van der Waals surface area contributed by atoms with Gasteiger partial charge < -0.3 is 9.47 Å². The summed E-state index contributed by atoms with van der Waals surface area (Å²) in [6.07, 6.45) is 0.339. The van der Waals surface area contributed by atoms with E-state index in [9.17, 15) is 4.79 Å². The maximum atomic E-state index is 11.5. The van der Waals surface area contributed by atoms with Crippen LogP contribution in [0.3, 0.4) is 0 Å². The molecule has 0 saturated heterocycles. The van der Waals surface area contributed by atoms with Crippen molar-refractivity contribution in [2.45, 2.75) is 12.5 Å². The summed E-state index contributed by atoms with van der Waals surface area (Å²) in [7, 11) is 3.23. The normalized spacial score (nSPS) is 19.6. The highest BCUT2D eigenvalue weighted by Gasteiger charge is 2.29. The van der Waals surface area contributed by atoms with Crippen LogP contribution in [-0.2, 0) is 4.74 Å². The quantitative estimate of drug-likeness (QED) is 0.718. The van der Waals surface area contributed by atoms with Crippen LogP contribution in [0.25, 0.3) is 0 Å². The fourth-order valence-electron chi connectivity index (χ4n) is 1.79. The summed E-state index contributed by atoms with van der Waals surface area (Å²) in [6.45, 7) is 0. The number of Topliss-reactive ketones (excluding diaryl/α,β-unsaturated/α-hetero) is 1. The maximum Gasteiger partial charge on any atom is 0.166 e. The molecule has 2 rings (SSSR count). The summed E-state index contributed by atoms with van der Waals surface area (Å²) in [5.41, 5.74) is 1.70. The van der Waals surface area contributed by atoms with Crippen LogP contribution in [0.2, 0.25) is 0 Å². The fourth-order valence-corrected chi connectivity index (χ4v) is 1.79. The molecule has 0 heterocycles. The van der Waals surface area contributed by atoms with Gasteiger partial charge in [-0.05, 0) is 23.8 Å². The van der Waals surface area contributed by atoms with Crippen molar-refractivity contribution >= 4 is 5.78 Å². The second-order valence-electron chi connectivity index (χ2n) is 3.30. The zero-order chi connectivity index (χ0) is 10.1. The first-order valence-corrected chi connectivity index (χ1v) is 4.50. The molecule has 3 nitrogen and oxygen atoms in total. The molecule has 0 bridgehead atoms. The third kappa shape index (κ3) is 1.30. The van der Waals surface area contributed by atoms with Gasteiger partial charge in [0.25, 0.3) is 0 Å². The van der Waals surface area contributed by atoms with Crippen molar-refractivity contribution in [1.82, 2.24) is 0 Å². The summed E-state index contributed by atoms with van der Waals surface area (Å²) < 4.78 is 10.3. The van der Waals surface area contributed by atoms with E-state index < -0.39 is 0 Å². The Labute approximate surface area is 82.6 Å². The lowest BCUT2D eigenvalue weighted by atomic mass is 10.1. The molecule has 1 aliphatic rings. The van der Waals surface area contributed by atoms with E-state index in [0.717, 1.165) is 16.9 Å². The molecule has 0 aromatic heterocycles. The molecule has 1 atom stereocenters.